The molecule has 0 saturated heterocycles. The van der Waals surface area contributed by atoms with E-state index < -0.39 is 0 Å². The second-order valence-electron chi connectivity index (χ2n) is 9.19. The van der Waals surface area contributed by atoms with Crippen molar-refractivity contribution in [2.75, 3.05) is 0 Å². The van der Waals surface area contributed by atoms with Crippen LogP contribution in [0.15, 0.2) is 92.4 Å². The summed E-state index contributed by atoms with van der Waals surface area (Å²) in [7, 11) is 0. The Hall–Kier alpha value is -4.98. The molecule has 0 saturated carbocycles. The lowest BCUT2D eigenvalue weighted by Gasteiger charge is -2.04. The molecule has 0 spiro atoms. The molecule has 5 rings (SSSR count). The summed E-state index contributed by atoms with van der Waals surface area (Å²) in [4.78, 5) is 35.0. The molecule has 2 aromatic heterocycles. The molecule has 38 heavy (non-hydrogen) atoms. The fourth-order valence-electron chi connectivity index (χ4n) is 4.29. The van der Waals surface area contributed by atoms with Crippen molar-refractivity contribution in [3.63, 3.8) is 0 Å². The first-order valence-corrected chi connectivity index (χ1v) is 12.3. The second kappa shape index (κ2) is 10.2. The van der Waals surface area contributed by atoms with Gasteiger partial charge < -0.3 is 0 Å². The molecule has 0 aliphatic heterocycles. The molecular formula is C30H28N6O2. The lowest BCUT2D eigenvalue weighted by atomic mass is 10.2. The van der Waals surface area contributed by atoms with Gasteiger partial charge in [-0.1, -0.05) is 36.4 Å². The molecule has 5 aromatic rings. The zero-order valence-corrected chi connectivity index (χ0v) is 21.7. The number of H-pyrrole nitrogens is 2. The minimum Gasteiger partial charge on any atom is -0.295 e. The standard InChI is InChI=1S/C30H28N6O2/c1-19-9-5-7-11-27(19)35-29(37)25(21(3)33-35)17-31-23-13-15-24(16-14-23)32-18-26-22(4)34-36(30(26)38)28-12-8-6-10-20(28)2/h5-18,33-34H,1-4H3. The van der Waals surface area contributed by atoms with E-state index in [0.717, 1.165) is 33.9 Å². The number of aryl methyl sites for hydroxylation is 4. The van der Waals surface area contributed by atoms with Gasteiger partial charge in [0.25, 0.3) is 11.1 Å². The van der Waals surface area contributed by atoms with E-state index in [1.165, 1.54) is 0 Å². The first-order chi connectivity index (χ1) is 18.3. The predicted octanol–water partition coefficient (Wildman–Crippen LogP) is 5.38. The summed E-state index contributed by atoms with van der Waals surface area (Å²) >= 11 is 0. The third kappa shape index (κ3) is 4.71. The summed E-state index contributed by atoms with van der Waals surface area (Å²) in [5.41, 5.74) is 7.17. The zero-order chi connectivity index (χ0) is 26.8. The minimum atomic E-state index is -0.153. The van der Waals surface area contributed by atoms with Crippen LogP contribution in [-0.2, 0) is 0 Å². The number of hydrogen-bond acceptors (Lipinski definition) is 4. The number of rotatable bonds is 6. The van der Waals surface area contributed by atoms with Gasteiger partial charge in [-0.25, -0.2) is 9.36 Å². The van der Waals surface area contributed by atoms with E-state index in [-0.39, 0.29) is 11.1 Å². The number of aromatic nitrogens is 4. The second-order valence-corrected chi connectivity index (χ2v) is 9.19. The Kier molecular flexibility index (Phi) is 6.62. The van der Waals surface area contributed by atoms with Crippen LogP contribution in [0.4, 0.5) is 11.4 Å². The molecule has 190 valence electrons. The van der Waals surface area contributed by atoms with Gasteiger partial charge >= 0.3 is 0 Å². The minimum absolute atomic E-state index is 0.153. The van der Waals surface area contributed by atoms with Gasteiger partial charge in [-0.15, -0.1) is 0 Å². The van der Waals surface area contributed by atoms with Crippen molar-refractivity contribution in [1.82, 2.24) is 19.6 Å². The molecule has 2 N–H and O–H groups in total. The first-order valence-electron chi connectivity index (χ1n) is 12.3. The molecule has 0 bridgehead atoms. The molecule has 2 heterocycles. The Morgan fingerprint density at radius 3 is 1.32 bits per heavy atom. The zero-order valence-electron chi connectivity index (χ0n) is 21.7. The highest BCUT2D eigenvalue weighted by Crippen LogP contribution is 2.19. The molecule has 0 aliphatic rings. The van der Waals surface area contributed by atoms with Crippen LogP contribution in [0.3, 0.4) is 0 Å². The van der Waals surface area contributed by atoms with E-state index in [9.17, 15) is 9.59 Å². The van der Waals surface area contributed by atoms with Crippen molar-refractivity contribution in [3.05, 3.63) is 127 Å². The van der Waals surface area contributed by atoms with Gasteiger partial charge in [-0.2, -0.15) is 0 Å². The molecule has 8 heteroatoms. The van der Waals surface area contributed by atoms with Crippen molar-refractivity contribution >= 4 is 23.8 Å². The number of benzene rings is 3. The molecule has 0 fully saturated rings. The number of aromatic amines is 2. The summed E-state index contributed by atoms with van der Waals surface area (Å²) in [5.74, 6) is 0. The normalized spacial score (nSPS) is 11.7. The van der Waals surface area contributed by atoms with Crippen LogP contribution in [0.25, 0.3) is 11.4 Å². The van der Waals surface area contributed by atoms with Crippen LogP contribution in [0.1, 0.15) is 33.6 Å². The molecule has 0 radical (unpaired) electrons. The maximum atomic E-state index is 13.0. The Bertz CT molecular complexity index is 1660. The quantitative estimate of drug-likeness (QED) is 0.304. The highest BCUT2D eigenvalue weighted by molar-refractivity contribution is 5.84. The van der Waals surface area contributed by atoms with Gasteiger partial charge in [-0.05, 0) is 75.2 Å². The average molecular weight is 505 g/mol. The third-order valence-corrected chi connectivity index (χ3v) is 6.48. The van der Waals surface area contributed by atoms with E-state index in [1.54, 1.807) is 21.8 Å². The Balaban J connectivity index is 1.35. The fourth-order valence-corrected chi connectivity index (χ4v) is 4.29. The van der Waals surface area contributed by atoms with E-state index in [4.69, 9.17) is 0 Å². The van der Waals surface area contributed by atoms with E-state index >= 15 is 0 Å². The number of hydrogen-bond donors (Lipinski definition) is 2. The van der Waals surface area contributed by atoms with Crippen LogP contribution in [0, 0.1) is 27.7 Å². The number of nitrogens with one attached hydrogen (secondary N) is 2. The van der Waals surface area contributed by atoms with Gasteiger partial charge in [0, 0.05) is 23.8 Å². The number of nitrogens with zero attached hydrogens (tertiary/aromatic N) is 4. The number of aliphatic imine (C=N–C) groups is 2. The van der Waals surface area contributed by atoms with Crippen LogP contribution >= 0.6 is 0 Å². The molecule has 0 atom stereocenters. The van der Waals surface area contributed by atoms with Crippen LogP contribution in [0.5, 0.6) is 0 Å². The van der Waals surface area contributed by atoms with Gasteiger partial charge in [0.1, 0.15) is 0 Å². The van der Waals surface area contributed by atoms with Crippen molar-refractivity contribution < 1.29 is 0 Å². The summed E-state index contributed by atoms with van der Waals surface area (Å²) in [6.07, 6.45) is 3.16. The SMILES string of the molecule is Cc1ccccc1-n1[nH]c(C)c(C=Nc2ccc(N=Cc3c(C)[nH]n(-c4ccccc4C)c3=O)cc2)c1=O. The topological polar surface area (TPSA) is 100 Å². The highest BCUT2D eigenvalue weighted by Gasteiger charge is 2.13. The van der Waals surface area contributed by atoms with Crippen molar-refractivity contribution in [2.45, 2.75) is 27.7 Å². The molecule has 0 amide bonds. The fraction of sp³-hybridized carbons (Fsp3) is 0.133. The first kappa shape index (κ1) is 24.7. The van der Waals surface area contributed by atoms with Gasteiger partial charge in [0.2, 0.25) is 0 Å². The predicted molar refractivity (Wildman–Crippen MR) is 153 cm³/mol. The van der Waals surface area contributed by atoms with Crippen LogP contribution < -0.4 is 11.1 Å². The van der Waals surface area contributed by atoms with Gasteiger partial charge in [0.15, 0.2) is 0 Å². The van der Waals surface area contributed by atoms with Crippen molar-refractivity contribution in [2.24, 2.45) is 9.98 Å². The van der Waals surface area contributed by atoms with Crippen molar-refractivity contribution in [3.8, 4) is 11.4 Å². The summed E-state index contributed by atoms with van der Waals surface area (Å²) in [5, 5.41) is 6.27. The lowest BCUT2D eigenvalue weighted by Crippen LogP contribution is -2.18. The maximum absolute atomic E-state index is 13.0. The van der Waals surface area contributed by atoms with Gasteiger partial charge in [0.05, 0.1) is 33.9 Å². The third-order valence-electron chi connectivity index (χ3n) is 6.48. The highest BCUT2D eigenvalue weighted by atomic mass is 16.1. The Morgan fingerprint density at radius 1 is 0.579 bits per heavy atom. The monoisotopic (exact) mass is 504 g/mol. The Labute approximate surface area is 219 Å². The molecule has 0 aliphatic carbocycles. The molecule has 0 unspecified atom stereocenters. The average Bonchev–Trinajstić information content (AvgIpc) is 3.36. The van der Waals surface area contributed by atoms with Gasteiger partial charge in [-0.3, -0.25) is 29.8 Å². The van der Waals surface area contributed by atoms with Crippen LogP contribution in [0.2, 0.25) is 0 Å². The summed E-state index contributed by atoms with van der Waals surface area (Å²) in [6, 6.07) is 22.7. The number of para-hydroxylation sites is 2. The lowest BCUT2D eigenvalue weighted by molar-refractivity contribution is 0.829. The van der Waals surface area contributed by atoms with Crippen LogP contribution in [-0.4, -0.2) is 32.0 Å². The molecule has 8 nitrogen and oxygen atoms in total. The maximum Gasteiger partial charge on any atom is 0.280 e. The molecule has 3 aromatic carbocycles. The van der Waals surface area contributed by atoms with E-state index in [0.29, 0.717) is 22.5 Å². The van der Waals surface area contributed by atoms with E-state index in [1.807, 2.05) is 100 Å². The smallest absolute Gasteiger partial charge is 0.280 e. The molecular weight excluding hydrogens is 476 g/mol. The largest absolute Gasteiger partial charge is 0.295 e. The summed E-state index contributed by atoms with van der Waals surface area (Å²) < 4.78 is 3.08. The van der Waals surface area contributed by atoms with E-state index in [2.05, 4.69) is 20.2 Å². The van der Waals surface area contributed by atoms with Crippen molar-refractivity contribution in [1.29, 1.82) is 0 Å². The summed E-state index contributed by atoms with van der Waals surface area (Å²) in [6.45, 7) is 7.64. The Morgan fingerprint density at radius 2 is 0.947 bits per heavy atom.